The molecule has 2 rings (SSSR count). The highest BCUT2D eigenvalue weighted by Gasteiger charge is 2.06. The summed E-state index contributed by atoms with van der Waals surface area (Å²) in [5, 5.41) is 5.54. The van der Waals surface area contributed by atoms with Crippen LogP contribution in [0.5, 0.6) is 0 Å². The largest absolute Gasteiger partial charge is 0.384 e. The Morgan fingerprint density at radius 1 is 1.28 bits per heavy atom. The summed E-state index contributed by atoms with van der Waals surface area (Å²) in [6.45, 7) is 4.27. The van der Waals surface area contributed by atoms with Crippen molar-refractivity contribution in [1.29, 1.82) is 0 Å². The fraction of sp³-hybridized carbons (Fsp3) is 0.357. The highest BCUT2D eigenvalue weighted by atomic mass is 32.2. The van der Waals surface area contributed by atoms with Crippen LogP contribution in [0.1, 0.15) is 25.3 Å². The van der Waals surface area contributed by atoms with Crippen LogP contribution >= 0.6 is 11.8 Å². The lowest BCUT2D eigenvalue weighted by Crippen LogP contribution is -2.01. The van der Waals surface area contributed by atoms with Gasteiger partial charge in [-0.25, -0.2) is 4.68 Å². The van der Waals surface area contributed by atoms with Gasteiger partial charge >= 0.3 is 0 Å². The number of benzene rings is 1. The van der Waals surface area contributed by atoms with Gasteiger partial charge in [-0.3, -0.25) is 0 Å². The lowest BCUT2D eigenvalue weighted by Gasteiger charge is -2.03. The number of nitrogens with two attached hydrogens (primary N) is 1. The maximum atomic E-state index is 6.00. The molecule has 0 atom stereocenters. The minimum absolute atomic E-state index is 0.692. The van der Waals surface area contributed by atoms with Crippen molar-refractivity contribution < 1.29 is 0 Å². The first-order valence-electron chi connectivity index (χ1n) is 6.26. The number of anilines is 1. The molecule has 0 aliphatic carbocycles. The Morgan fingerprint density at radius 3 is 2.67 bits per heavy atom. The standard InChI is InChI=1S/C14H19N3S/c1-3-4-9-18-14-10-13(15)17(16-14)12-7-5-11(2)6-8-12/h5-8,10H,3-4,9,15H2,1-2H3. The van der Waals surface area contributed by atoms with Gasteiger partial charge in [-0.1, -0.05) is 31.0 Å². The second-order valence-electron chi connectivity index (χ2n) is 4.36. The van der Waals surface area contributed by atoms with Crippen LogP contribution in [0.3, 0.4) is 0 Å². The molecule has 0 spiro atoms. The van der Waals surface area contributed by atoms with Crippen molar-refractivity contribution in [2.24, 2.45) is 0 Å². The average Bonchev–Trinajstić information content (AvgIpc) is 2.72. The van der Waals surface area contributed by atoms with Crippen molar-refractivity contribution in [1.82, 2.24) is 9.78 Å². The SMILES string of the molecule is CCCCSc1cc(N)n(-c2ccc(C)cc2)n1. The molecule has 1 aromatic heterocycles. The van der Waals surface area contributed by atoms with E-state index in [1.54, 1.807) is 16.4 Å². The molecule has 0 aliphatic rings. The molecule has 0 radical (unpaired) electrons. The number of nitrogens with zero attached hydrogens (tertiary/aromatic N) is 2. The Labute approximate surface area is 112 Å². The Bertz CT molecular complexity index is 502. The third-order valence-corrected chi connectivity index (χ3v) is 3.73. The molecule has 0 bridgehead atoms. The number of hydrogen-bond donors (Lipinski definition) is 1. The predicted molar refractivity (Wildman–Crippen MR) is 78.3 cm³/mol. The van der Waals surface area contributed by atoms with Gasteiger partial charge in [0.25, 0.3) is 0 Å². The smallest absolute Gasteiger partial charge is 0.128 e. The summed E-state index contributed by atoms with van der Waals surface area (Å²) >= 11 is 1.77. The van der Waals surface area contributed by atoms with Crippen molar-refractivity contribution in [2.75, 3.05) is 11.5 Å². The molecule has 4 heteroatoms. The predicted octanol–water partition coefficient (Wildman–Crippen LogP) is 3.66. The molecule has 0 saturated carbocycles. The van der Waals surface area contributed by atoms with Crippen LogP contribution in [0, 0.1) is 6.92 Å². The lowest BCUT2D eigenvalue weighted by molar-refractivity contribution is 0.841. The second-order valence-corrected chi connectivity index (χ2v) is 5.47. The van der Waals surface area contributed by atoms with Crippen LogP contribution in [0.15, 0.2) is 35.4 Å². The van der Waals surface area contributed by atoms with Crippen LogP contribution in [0.4, 0.5) is 5.82 Å². The van der Waals surface area contributed by atoms with Gasteiger partial charge in [0.1, 0.15) is 10.8 Å². The van der Waals surface area contributed by atoms with Gasteiger partial charge in [0.05, 0.1) is 5.69 Å². The Kier molecular flexibility index (Phi) is 4.31. The summed E-state index contributed by atoms with van der Waals surface area (Å²) in [6.07, 6.45) is 2.42. The Balaban J connectivity index is 2.16. The van der Waals surface area contributed by atoms with Gasteiger partial charge in [0.15, 0.2) is 0 Å². The van der Waals surface area contributed by atoms with Gasteiger partial charge in [-0.2, -0.15) is 5.10 Å². The first-order valence-corrected chi connectivity index (χ1v) is 7.24. The summed E-state index contributed by atoms with van der Waals surface area (Å²) in [5.74, 6) is 1.79. The van der Waals surface area contributed by atoms with Crippen LogP contribution < -0.4 is 5.73 Å². The van der Waals surface area contributed by atoms with Crippen molar-refractivity contribution in [3.8, 4) is 5.69 Å². The number of aryl methyl sites for hydroxylation is 1. The molecule has 0 amide bonds. The topological polar surface area (TPSA) is 43.8 Å². The van der Waals surface area contributed by atoms with Crippen molar-refractivity contribution in [3.63, 3.8) is 0 Å². The Morgan fingerprint density at radius 2 is 2.00 bits per heavy atom. The number of thioether (sulfide) groups is 1. The molecule has 1 heterocycles. The van der Waals surface area contributed by atoms with Gasteiger partial charge < -0.3 is 5.73 Å². The first kappa shape index (κ1) is 13.0. The van der Waals surface area contributed by atoms with Crippen LogP contribution in [-0.2, 0) is 0 Å². The minimum atomic E-state index is 0.692. The third kappa shape index (κ3) is 3.07. The van der Waals surface area contributed by atoms with E-state index in [4.69, 9.17) is 5.73 Å². The molecule has 1 aromatic carbocycles. The normalized spacial score (nSPS) is 10.8. The van der Waals surface area contributed by atoms with E-state index < -0.39 is 0 Å². The highest BCUT2D eigenvalue weighted by Crippen LogP contribution is 2.23. The zero-order valence-electron chi connectivity index (χ0n) is 10.9. The minimum Gasteiger partial charge on any atom is -0.384 e. The van der Waals surface area contributed by atoms with E-state index in [1.807, 2.05) is 18.2 Å². The van der Waals surface area contributed by atoms with Gasteiger partial charge in [0, 0.05) is 6.07 Å². The number of nitrogen functional groups attached to an aromatic ring is 1. The van der Waals surface area contributed by atoms with Crippen LogP contribution in [0.25, 0.3) is 5.69 Å². The molecular weight excluding hydrogens is 242 g/mol. The van der Waals surface area contributed by atoms with Crippen molar-refractivity contribution in [2.45, 2.75) is 31.7 Å². The molecule has 0 aliphatic heterocycles. The first-order chi connectivity index (χ1) is 8.70. The zero-order chi connectivity index (χ0) is 13.0. The number of hydrogen-bond acceptors (Lipinski definition) is 3. The summed E-state index contributed by atoms with van der Waals surface area (Å²) < 4.78 is 1.80. The molecule has 2 aromatic rings. The lowest BCUT2D eigenvalue weighted by atomic mass is 10.2. The quantitative estimate of drug-likeness (QED) is 0.660. The Hall–Kier alpha value is -1.42. The summed E-state index contributed by atoms with van der Waals surface area (Å²) in [5.41, 5.74) is 8.26. The fourth-order valence-corrected chi connectivity index (χ4v) is 2.64. The summed E-state index contributed by atoms with van der Waals surface area (Å²) in [4.78, 5) is 0. The summed E-state index contributed by atoms with van der Waals surface area (Å²) in [7, 11) is 0. The second kappa shape index (κ2) is 5.96. The highest BCUT2D eigenvalue weighted by molar-refractivity contribution is 7.99. The van der Waals surface area contributed by atoms with E-state index in [9.17, 15) is 0 Å². The van der Waals surface area contributed by atoms with E-state index in [0.29, 0.717) is 5.82 Å². The molecule has 0 unspecified atom stereocenters. The van der Waals surface area contributed by atoms with E-state index >= 15 is 0 Å². The monoisotopic (exact) mass is 261 g/mol. The number of rotatable bonds is 5. The van der Waals surface area contributed by atoms with E-state index in [2.05, 4.69) is 31.1 Å². The molecule has 18 heavy (non-hydrogen) atoms. The zero-order valence-corrected chi connectivity index (χ0v) is 11.7. The molecule has 3 nitrogen and oxygen atoms in total. The molecule has 0 saturated heterocycles. The van der Waals surface area contributed by atoms with E-state index in [1.165, 1.54) is 18.4 Å². The van der Waals surface area contributed by atoms with Gasteiger partial charge in [-0.05, 0) is 31.2 Å². The van der Waals surface area contributed by atoms with Crippen LogP contribution in [0.2, 0.25) is 0 Å². The molecular formula is C14H19N3S. The summed E-state index contributed by atoms with van der Waals surface area (Å²) in [6, 6.07) is 10.2. The van der Waals surface area contributed by atoms with Gasteiger partial charge in [-0.15, -0.1) is 11.8 Å². The van der Waals surface area contributed by atoms with Crippen molar-refractivity contribution in [3.05, 3.63) is 35.9 Å². The van der Waals surface area contributed by atoms with Crippen LogP contribution in [-0.4, -0.2) is 15.5 Å². The maximum Gasteiger partial charge on any atom is 0.128 e. The van der Waals surface area contributed by atoms with Gasteiger partial charge in [0.2, 0.25) is 0 Å². The maximum absolute atomic E-state index is 6.00. The fourth-order valence-electron chi connectivity index (χ4n) is 1.66. The average molecular weight is 261 g/mol. The molecule has 2 N–H and O–H groups in total. The molecule has 0 fully saturated rings. The number of aromatic nitrogens is 2. The molecule has 96 valence electrons. The van der Waals surface area contributed by atoms with E-state index in [-0.39, 0.29) is 0 Å². The van der Waals surface area contributed by atoms with Crippen molar-refractivity contribution >= 4 is 17.6 Å². The number of unbranched alkanes of at least 4 members (excludes halogenated alkanes) is 1. The third-order valence-electron chi connectivity index (χ3n) is 2.74. The van der Waals surface area contributed by atoms with E-state index in [0.717, 1.165) is 16.5 Å².